The summed E-state index contributed by atoms with van der Waals surface area (Å²) in [5.41, 5.74) is 2.02. The summed E-state index contributed by atoms with van der Waals surface area (Å²) >= 11 is 0. The topological polar surface area (TPSA) is 68.6 Å². The second-order valence-corrected chi connectivity index (χ2v) is 7.75. The Kier molecular flexibility index (Phi) is 6.79. The summed E-state index contributed by atoms with van der Waals surface area (Å²) in [5, 5.41) is 7.35. The Morgan fingerprint density at radius 1 is 1.17 bits per heavy atom. The first-order valence-corrected chi connectivity index (χ1v) is 10.6. The summed E-state index contributed by atoms with van der Waals surface area (Å²) < 4.78 is 13.6. The summed E-state index contributed by atoms with van der Waals surface area (Å²) in [6, 6.07) is 9.85. The van der Waals surface area contributed by atoms with Crippen molar-refractivity contribution in [3.05, 3.63) is 48.3 Å². The van der Waals surface area contributed by atoms with Crippen LogP contribution < -0.4 is 5.32 Å². The van der Waals surface area contributed by atoms with Crippen LogP contribution in [0, 0.1) is 0 Å². The Morgan fingerprint density at radius 3 is 2.79 bits per heavy atom. The lowest BCUT2D eigenvalue weighted by Gasteiger charge is -2.33. The number of hydrogen-bond donors (Lipinski definition) is 1. The van der Waals surface area contributed by atoms with Crippen molar-refractivity contribution in [1.82, 2.24) is 20.0 Å². The highest BCUT2D eigenvalue weighted by Gasteiger charge is 2.24. The highest BCUT2D eigenvalue weighted by atomic mass is 16.5. The summed E-state index contributed by atoms with van der Waals surface area (Å²) in [7, 11) is 0. The van der Waals surface area contributed by atoms with Gasteiger partial charge in [-0.3, -0.25) is 0 Å². The maximum absolute atomic E-state index is 12.6. The zero-order valence-corrected chi connectivity index (χ0v) is 16.8. The number of carbonyl (C=O) groups is 1. The Hall–Kier alpha value is -2.38. The van der Waals surface area contributed by atoms with Crippen LogP contribution in [0.3, 0.4) is 0 Å². The second kappa shape index (κ2) is 9.89. The van der Waals surface area contributed by atoms with Crippen molar-refractivity contribution in [2.24, 2.45) is 0 Å². The summed E-state index contributed by atoms with van der Waals surface area (Å²) in [5.74, 6) is 0. The number of nitrogens with one attached hydrogen (secondary N) is 1. The smallest absolute Gasteiger partial charge is 0.317 e. The molecule has 1 aromatic heterocycles. The van der Waals surface area contributed by atoms with Gasteiger partial charge in [0.05, 0.1) is 24.5 Å². The molecule has 0 saturated carbocycles. The number of benzene rings is 1. The Labute approximate surface area is 172 Å². The lowest BCUT2D eigenvalue weighted by atomic mass is 10.1. The van der Waals surface area contributed by atoms with Crippen molar-refractivity contribution in [1.29, 1.82) is 0 Å². The van der Waals surface area contributed by atoms with Crippen molar-refractivity contribution in [2.75, 3.05) is 26.3 Å². The van der Waals surface area contributed by atoms with Crippen molar-refractivity contribution in [3.8, 4) is 5.69 Å². The molecule has 29 heavy (non-hydrogen) atoms. The highest BCUT2D eigenvalue weighted by Crippen LogP contribution is 2.18. The largest absolute Gasteiger partial charge is 0.376 e. The van der Waals surface area contributed by atoms with Gasteiger partial charge in [-0.2, -0.15) is 5.10 Å². The molecule has 1 atom stereocenters. The molecule has 7 nitrogen and oxygen atoms in total. The third-order valence-electron chi connectivity index (χ3n) is 5.69. The van der Waals surface area contributed by atoms with E-state index in [1.165, 1.54) is 6.42 Å². The minimum Gasteiger partial charge on any atom is -0.376 e. The van der Waals surface area contributed by atoms with E-state index in [4.69, 9.17) is 9.47 Å². The number of para-hydroxylation sites is 1. The van der Waals surface area contributed by atoms with Crippen molar-refractivity contribution in [3.63, 3.8) is 0 Å². The second-order valence-electron chi connectivity index (χ2n) is 7.75. The molecule has 7 heteroatoms. The quantitative estimate of drug-likeness (QED) is 0.812. The zero-order valence-electron chi connectivity index (χ0n) is 16.8. The molecule has 2 amide bonds. The van der Waals surface area contributed by atoms with Gasteiger partial charge in [-0.25, -0.2) is 9.48 Å². The van der Waals surface area contributed by atoms with Crippen molar-refractivity contribution < 1.29 is 14.3 Å². The van der Waals surface area contributed by atoms with Gasteiger partial charge in [0.2, 0.25) is 0 Å². The lowest BCUT2D eigenvalue weighted by molar-refractivity contribution is -0.0728. The number of ether oxygens (including phenoxy) is 2. The van der Waals surface area contributed by atoms with Gasteiger partial charge >= 0.3 is 6.03 Å². The van der Waals surface area contributed by atoms with E-state index in [1.807, 2.05) is 46.1 Å². The number of amides is 2. The minimum atomic E-state index is -0.0191. The average molecular weight is 399 g/mol. The molecule has 1 N–H and O–H groups in total. The highest BCUT2D eigenvalue weighted by molar-refractivity contribution is 5.74. The Morgan fingerprint density at radius 2 is 2.03 bits per heavy atom. The molecule has 2 aromatic rings. The van der Waals surface area contributed by atoms with E-state index in [9.17, 15) is 4.79 Å². The maximum atomic E-state index is 12.6. The molecule has 1 unspecified atom stereocenters. The maximum Gasteiger partial charge on any atom is 0.317 e. The van der Waals surface area contributed by atoms with Crippen LogP contribution in [-0.4, -0.2) is 59.2 Å². The first-order valence-electron chi connectivity index (χ1n) is 10.6. The summed E-state index contributed by atoms with van der Waals surface area (Å²) in [6.07, 6.45) is 9.39. The first-order chi connectivity index (χ1) is 14.3. The molecule has 156 valence electrons. The summed E-state index contributed by atoms with van der Waals surface area (Å²) in [4.78, 5) is 14.5. The first kappa shape index (κ1) is 19.9. The normalized spacial score (nSPS) is 20.6. The number of piperidine rings is 1. The van der Waals surface area contributed by atoms with Crippen molar-refractivity contribution >= 4 is 6.03 Å². The number of rotatable bonds is 6. The Balaban J connectivity index is 1.22. The van der Waals surface area contributed by atoms with Gasteiger partial charge in [-0.1, -0.05) is 18.2 Å². The van der Waals surface area contributed by atoms with Crippen LogP contribution in [0.2, 0.25) is 0 Å². The summed E-state index contributed by atoms with van der Waals surface area (Å²) in [6.45, 7) is 3.47. The van der Waals surface area contributed by atoms with Gasteiger partial charge in [-0.05, 0) is 49.8 Å². The molecular weight excluding hydrogens is 368 g/mol. The number of carbonyl (C=O) groups excluding carboxylic acids is 1. The van der Waals surface area contributed by atoms with Crippen LogP contribution in [0.1, 0.15) is 37.7 Å². The van der Waals surface area contributed by atoms with Crippen LogP contribution in [0.25, 0.3) is 5.69 Å². The number of aromatic nitrogens is 2. The molecule has 2 aliphatic rings. The standard InChI is InChI=1S/C22H30N4O3/c27-22(23-16-18-6-1-2-8-21(18)26-12-5-11-24-26)25-13-9-19(10-14-25)29-17-20-7-3-4-15-28-20/h1-2,5-6,8,11-12,19-20H,3-4,7,9-10,13-17H2,(H,23,27). The molecular formula is C22H30N4O3. The van der Waals surface area contributed by atoms with E-state index in [0.29, 0.717) is 13.2 Å². The third-order valence-corrected chi connectivity index (χ3v) is 5.69. The van der Waals surface area contributed by atoms with E-state index in [1.54, 1.807) is 6.20 Å². The van der Waals surface area contributed by atoms with Crippen LogP contribution >= 0.6 is 0 Å². The molecule has 0 radical (unpaired) electrons. The fraction of sp³-hybridized carbons (Fsp3) is 0.545. The van der Waals surface area contributed by atoms with Gasteiger partial charge in [0.25, 0.3) is 0 Å². The minimum absolute atomic E-state index is 0.0191. The molecule has 0 bridgehead atoms. The van der Waals surface area contributed by atoms with Crippen LogP contribution in [0.4, 0.5) is 4.79 Å². The fourth-order valence-corrected chi connectivity index (χ4v) is 3.99. The lowest BCUT2D eigenvalue weighted by Crippen LogP contribution is -2.46. The fourth-order valence-electron chi connectivity index (χ4n) is 3.99. The molecule has 2 saturated heterocycles. The molecule has 2 fully saturated rings. The zero-order chi connectivity index (χ0) is 19.9. The van der Waals surface area contributed by atoms with Gasteiger partial charge in [0, 0.05) is 38.6 Å². The van der Waals surface area contributed by atoms with Crippen LogP contribution in [0.15, 0.2) is 42.7 Å². The number of nitrogens with zero attached hydrogens (tertiary/aromatic N) is 3. The van der Waals surface area contributed by atoms with E-state index < -0.39 is 0 Å². The molecule has 3 heterocycles. The molecule has 1 aromatic carbocycles. The van der Waals surface area contributed by atoms with Crippen molar-refractivity contribution in [2.45, 2.75) is 50.9 Å². The van der Waals surface area contributed by atoms with E-state index in [0.717, 1.165) is 56.6 Å². The van der Waals surface area contributed by atoms with Gasteiger partial charge in [0.15, 0.2) is 0 Å². The number of hydrogen-bond acceptors (Lipinski definition) is 4. The predicted molar refractivity (Wildman–Crippen MR) is 110 cm³/mol. The van der Waals surface area contributed by atoms with E-state index >= 15 is 0 Å². The van der Waals surface area contributed by atoms with Crippen LogP contribution in [-0.2, 0) is 16.0 Å². The van der Waals surface area contributed by atoms with E-state index in [2.05, 4.69) is 10.4 Å². The number of urea groups is 1. The van der Waals surface area contributed by atoms with Gasteiger partial charge in [-0.15, -0.1) is 0 Å². The number of likely N-dealkylation sites (tertiary alicyclic amines) is 1. The third kappa shape index (κ3) is 5.36. The molecule has 4 rings (SSSR count). The van der Waals surface area contributed by atoms with Gasteiger partial charge in [0.1, 0.15) is 0 Å². The Bertz CT molecular complexity index is 766. The van der Waals surface area contributed by atoms with Gasteiger partial charge < -0.3 is 19.7 Å². The van der Waals surface area contributed by atoms with E-state index in [-0.39, 0.29) is 18.2 Å². The molecule has 0 aliphatic carbocycles. The predicted octanol–water partition coefficient (Wildman–Crippen LogP) is 3.13. The molecule has 0 spiro atoms. The molecule has 2 aliphatic heterocycles. The average Bonchev–Trinajstić information content (AvgIpc) is 3.32. The SMILES string of the molecule is O=C(NCc1ccccc1-n1cccn1)N1CCC(OCC2CCCCO2)CC1. The monoisotopic (exact) mass is 398 g/mol. The van der Waals surface area contributed by atoms with Crippen LogP contribution in [0.5, 0.6) is 0 Å².